The molecule has 0 heterocycles. The van der Waals surface area contributed by atoms with Crippen LogP contribution in [-0.4, -0.2) is 5.54 Å². The Kier molecular flexibility index (Phi) is 3.87. The molecule has 0 aliphatic rings. The van der Waals surface area contributed by atoms with Crippen molar-refractivity contribution in [1.29, 1.82) is 0 Å². The lowest BCUT2D eigenvalue weighted by molar-refractivity contribution is 0.379. The summed E-state index contributed by atoms with van der Waals surface area (Å²) in [6.45, 7) is 6.31. The van der Waals surface area contributed by atoms with Gasteiger partial charge in [0.1, 0.15) is 0 Å². The van der Waals surface area contributed by atoms with E-state index < -0.39 is 0 Å². The first kappa shape index (κ1) is 8.96. The SMILES string of the molecule is CCCC(C)([NH])CCC. The molecule has 1 N–H and O–H groups in total. The summed E-state index contributed by atoms with van der Waals surface area (Å²) in [6.07, 6.45) is 4.36. The van der Waals surface area contributed by atoms with E-state index in [4.69, 9.17) is 5.73 Å². The first-order valence-electron chi connectivity index (χ1n) is 3.87. The van der Waals surface area contributed by atoms with Gasteiger partial charge in [0.2, 0.25) is 0 Å². The van der Waals surface area contributed by atoms with Gasteiger partial charge in [0.25, 0.3) is 0 Å². The van der Waals surface area contributed by atoms with Crippen LogP contribution in [0.2, 0.25) is 0 Å². The summed E-state index contributed by atoms with van der Waals surface area (Å²) in [4.78, 5) is 0. The topological polar surface area (TPSA) is 23.8 Å². The molecular formula is C8H18N. The molecule has 0 aromatic carbocycles. The molecule has 1 heteroatoms. The van der Waals surface area contributed by atoms with Crippen LogP contribution < -0.4 is 5.73 Å². The fourth-order valence-electron chi connectivity index (χ4n) is 1.23. The van der Waals surface area contributed by atoms with Crippen LogP contribution in [0.25, 0.3) is 0 Å². The molecule has 0 aromatic heterocycles. The third-order valence-corrected chi connectivity index (χ3v) is 1.60. The molecule has 9 heavy (non-hydrogen) atoms. The third-order valence-electron chi connectivity index (χ3n) is 1.60. The molecule has 0 fully saturated rings. The van der Waals surface area contributed by atoms with Crippen LogP contribution >= 0.6 is 0 Å². The van der Waals surface area contributed by atoms with Crippen LogP contribution in [-0.2, 0) is 0 Å². The maximum atomic E-state index is 7.73. The van der Waals surface area contributed by atoms with Crippen molar-refractivity contribution in [3.63, 3.8) is 0 Å². The molecule has 1 radical (unpaired) electrons. The van der Waals surface area contributed by atoms with Crippen molar-refractivity contribution in [3.05, 3.63) is 0 Å². The van der Waals surface area contributed by atoms with E-state index in [-0.39, 0.29) is 5.54 Å². The van der Waals surface area contributed by atoms with Gasteiger partial charge in [-0.2, -0.15) is 0 Å². The molecule has 0 aromatic rings. The summed E-state index contributed by atoms with van der Waals surface area (Å²) in [5.41, 5.74) is 7.58. The minimum absolute atomic E-state index is 0.149. The highest BCUT2D eigenvalue weighted by Crippen LogP contribution is 2.16. The van der Waals surface area contributed by atoms with Crippen molar-refractivity contribution in [2.24, 2.45) is 0 Å². The fraction of sp³-hybridized carbons (Fsp3) is 1.00. The van der Waals surface area contributed by atoms with Gasteiger partial charge in [0.15, 0.2) is 0 Å². The summed E-state index contributed by atoms with van der Waals surface area (Å²) in [5.74, 6) is 0. The average Bonchev–Trinajstić information content (AvgIpc) is 1.64. The zero-order chi connectivity index (χ0) is 7.33. The zero-order valence-corrected chi connectivity index (χ0v) is 6.83. The molecule has 0 aliphatic carbocycles. The monoisotopic (exact) mass is 128 g/mol. The van der Waals surface area contributed by atoms with Crippen LogP contribution in [0.5, 0.6) is 0 Å². The summed E-state index contributed by atoms with van der Waals surface area (Å²) >= 11 is 0. The van der Waals surface area contributed by atoms with Crippen LogP contribution in [0.1, 0.15) is 46.5 Å². The Morgan fingerprint density at radius 1 is 1.11 bits per heavy atom. The third kappa shape index (κ3) is 4.46. The molecule has 0 atom stereocenters. The molecule has 55 valence electrons. The van der Waals surface area contributed by atoms with Crippen molar-refractivity contribution in [1.82, 2.24) is 5.73 Å². The molecule has 0 saturated heterocycles. The number of rotatable bonds is 4. The quantitative estimate of drug-likeness (QED) is 0.556. The first-order valence-corrected chi connectivity index (χ1v) is 3.87. The highest BCUT2D eigenvalue weighted by Gasteiger charge is 2.15. The van der Waals surface area contributed by atoms with E-state index in [2.05, 4.69) is 13.8 Å². The summed E-state index contributed by atoms with van der Waals surface area (Å²) in [6, 6.07) is 0. The van der Waals surface area contributed by atoms with Crippen molar-refractivity contribution in [2.45, 2.75) is 52.0 Å². The zero-order valence-electron chi connectivity index (χ0n) is 6.83. The fourth-order valence-corrected chi connectivity index (χ4v) is 1.23. The Morgan fingerprint density at radius 3 is 1.67 bits per heavy atom. The second-order valence-electron chi connectivity index (χ2n) is 3.06. The van der Waals surface area contributed by atoms with E-state index >= 15 is 0 Å². The Morgan fingerprint density at radius 2 is 1.44 bits per heavy atom. The van der Waals surface area contributed by atoms with Gasteiger partial charge in [-0.1, -0.05) is 26.7 Å². The predicted octanol–water partition coefficient (Wildman–Crippen LogP) is 2.63. The summed E-state index contributed by atoms with van der Waals surface area (Å²) < 4.78 is 0. The normalized spacial score (nSPS) is 12.0. The van der Waals surface area contributed by atoms with Crippen molar-refractivity contribution in [2.75, 3.05) is 0 Å². The van der Waals surface area contributed by atoms with E-state index in [1.807, 2.05) is 6.92 Å². The van der Waals surface area contributed by atoms with E-state index in [1.54, 1.807) is 0 Å². The molecule has 0 saturated carbocycles. The van der Waals surface area contributed by atoms with Gasteiger partial charge >= 0.3 is 0 Å². The van der Waals surface area contributed by atoms with Gasteiger partial charge in [0, 0.05) is 5.54 Å². The number of hydrogen-bond acceptors (Lipinski definition) is 0. The second kappa shape index (κ2) is 3.89. The molecule has 0 aliphatic heterocycles. The summed E-state index contributed by atoms with van der Waals surface area (Å²) in [5, 5.41) is 0. The second-order valence-corrected chi connectivity index (χ2v) is 3.06. The highest BCUT2D eigenvalue weighted by molar-refractivity contribution is 4.75. The Balaban J connectivity index is 3.43. The van der Waals surface area contributed by atoms with Crippen molar-refractivity contribution in [3.8, 4) is 0 Å². The van der Waals surface area contributed by atoms with E-state index in [9.17, 15) is 0 Å². The highest BCUT2D eigenvalue weighted by atomic mass is 14.7. The molecule has 0 bridgehead atoms. The molecular weight excluding hydrogens is 110 g/mol. The van der Waals surface area contributed by atoms with Gasteiger partial charge in [-0.25, -0.2) is 0 Å². The van der Waals surface area contributed by atoms with Crippen molar-refractivity contribution < 1.29 is 0 Å². The molecule has 0 unspecified atom stereocenters. The standard InChI is InChI=1S/C8H18N/c1-4-6-8(3,9)7-5-2/h9H,4-7H2,1-3H3. The van der Waals surface area contributed by atoms with E-state index in [0.717, 1.165) is 25.7 Å². The number of hydrogen-bond donors (Lipinski definition) is 0. The van der Waals surface area contributed by atoms with E-state index in [1.165, 1.54) is 0 Å². The summed E-state index contributed by atoms with van der Waals surface area (Å²) in [7, 11) is 0. The van der Waals surface area contributed by atoms with Gasteiger partial charge < -0.3 is 0 Å². The van der Waals surface area contributed by atoms with Crippen molar-refractivity contribution >= 4 is 0 Å². The van der Waals surface area contributed by atoms with Crippen LogP contribution in [0.4, 0.5) is 0 Å². The molecule has 0 spiro atoms. The lowest BCUT2D eigenvalue weighted by atomic mass is 9.92. The molecule has 0 amide bonds. The minimum Gasteiger partial charge on any atom is -0.251 e. The maximum Gasteiger partial charge on any atom is 0.0295 e. The van der Waals surface area contributed by atoms with Gasteiger partial charge in [-0.05, 0) is 19.8 Å². The maximum absolute atomic E-state index is 7.73. The lowest BCUT2D eigenvalue weighted by Crippen LogP contribution is -2.25. The van der Waals surface area contributed by atoms with Crippen LogP contribution in [0.3, 0.4) is 0 Å². The van der Waals surface area contributed by atoms with Gasteiger partial charge in [-0.15, -0.1) is 0 Å². The Bertz CT molecular complexity index is 59.0. The first-order chi connectivity index (χ1) is 4.12. The molecule has 1 nitrogen and oxygen atoms in total. The smallest absolute Gasteiger partial charge is 0.0295 e. The minimum atomic E-state index is -0.149. The predicted molar refractivity (Wildman–Crippen MR) is 41.3 cm³/mol. The largest absolute Gasteiger partial charge is 0.251 e. The number of nitrogens with one attached hydrogen (secondary N) is 1. The lowest BCUT2D eigenvalue weighted by Gasteiger charge is -2.21. The van der Waals surface area contributed by atoms with Crippen LogP contribution in [0, 0.1) is 0 Å². The van der Waals surface area contributed by atoms with E-state index in [0.29, 0.717) is 0 Å². The Labute approximate surface area is 58.6 Å². The van der Waals surface area contributed by atoms with Gasteiger partial charge in [-0.3, -0.25) is 5.73 Å². The van der Waals surface area contributed by atoms with Gasteiger partial charge in [0.05, 0.1) is 0 Å². The molecule has 0 rings (SSSR count). The van der Waals surface area contributed by atoms with Crippen LogP contribution in [0.15, 0.2) is 0 Å². The Hall–Kier alpha value is -0.0400. The average molecular weight is 128 g/mol.